The molecule has 17 aromatic rings. The third-order valence-corrected chi connectivity index (χ3v) is 16.7. The highest BCUT2D eigenvalue weighted by molar-refractivity contribution is 6.14. The standard InChI is InChI=1S/C75H47N7/c1-3-17-48(18-4-1)52-35-43-71-63(46-52)64-47-53(49-19-5-2-6-20-49)36-44-72(64)80(71)55-38-31-50(32-39-55)54-37-42-70-62(45-54)61-25-11-12-26-65(61)79(70)56-40-33-51(34-41-56)73-76-74(81-66-27-13-7-21-57(66)58-22-8-14-28-67(58)81)78-75(77-73)82-68-29-15-9-23-59(68)60-24-10-16-30-69(60)82/h1-47H. The maximum atomic E-state index is 5.36. The average molecular weight is 1050 g/mol. The minimum absolute atomic E-state index is 0.554. The van der Waals surface area contributed by atoms with E-state index in [2.05, 4.69) is 303 Å². The molecule has 0 radical (unpaired) electrons. The summed E-state index contributed by atoms with van der Waals surface area (Å²) >= 11 is 0. The van der Waals surface area contributed by atoms with Crippen LogP contribution in [0.5, 0.6) is 0 Å². The van der Waals surface area contributed by atoms with Gasteiger partial charge in [0, 0.05) is 60.0 Å². The molecule has 0 aliphatic heterocycles. The van der Waals surface area contributed by atoms with E-state index in [4.69, 9.17) is 15.0 Å². The zero-order valence-corrected chi connectivity index (χ0v) is 44.3. The highest BCUT2D eigenvalue weighted by Crippen LogP contribution is 2.41. The predicted molar refractivity (Wildman–Crippen MR) is 339 cm³/mol. The number of para-hydroxylation sites is 5. The van der Waals surface area contributed by atoms with Crippen molar-refractivity contribution in [2.45, 2.75) is 0 Å². The van der Waals surface area contributed by atoms with Crippen molar-refractivity contribution in [2.24, 2.45) is 0 Å². The van der Waals surface area contributed by atoms with Crippen molar-refractivity contribution in [2.75, 3.05) is 0 Å². The lowest BCUT2D eigenvalue weighted by molar-refractivity contribution is 0.893. The van der Waals surface area contributed by atoms with Gasteiger partial charge in [0.1, 0.15) is 0 Å². The van der Waals surface area contributed by atoms with Gasteiger partial charge in [0.15, 0.2) is 5.82 Å². The first-order valence-corrected chi connectivity index (χ1v) is 27.8. The molecule has 0 unspecified atom stereocenters. The van der Waals surface area contributed by atoms with Gasteiger partial charge in [-0.3, -0.25) is 9.13 Å². The van der Waals surface area contributed by atoms with Gasteiger partial charge in [0.05, 0.1) is 44.1 Å². The van der Waals surface area contributed by atoms with Crippen LogP contribution in [0.25, 0.3) is 155 Å². The lowest BCUT2D eigenvalue weighted by Gasteiger charge is -2.13. The third-order valence-electron chi connectivity index (χ3n) is 16.7. The molecule has 0 saturated heterocycles. The Morgan fingerprint density at radius 1 is 0.183 bits per heavy atom. The Morgan fingerprint density at radius 2 is 0.451 bits per heavy atom. The van der Waals surface area contributed by atoms with Gasteiger partial charge >= 0.3 is 0 Å². The summed E-state index contributed by atoms with van der Waals surface area (Å²) in [5.74, 6) is 1.69. The van der Waals surface area contributed by atoms with Crippen LogP contribution >= 0.6 is 0 Å². The summed E-state index contributed by atoms with van der Waals surface area (Å²) in [6.45, 7) is 0. The molecule has 0 amide bonds. The summed E-state index contributed by atoms with van der Waals surface area (Å²) < 4.78 is 9.14. The molecule has 5 heterocycles. The molecule has 82 heavy (non-hydrogen) atoms. The first-order valence-electron chi connectivity index (χ1n) is 27.8. The van der Waals surface area contributed by atoms with E-state index in [0.717, 1.165) is 82.7 Å². The first-order chi connectivity index (χ1) is 40.7. The summed E-state index contributed by atoms with van der Waals surface area (Å²) in [5, 5.41) is 9.42. The number of aromatic nitrogens is 7. The van der Waals surface area contributed by atoms with E-state index in [1.165, 1.54) is 54.8 Å². The van der Waals surface area contributed by atoms with E-state index < -0.39 is 0 Å². The fraction of sp³-hybridized carbons (Fsp3) is 0. The molecule has 0 atom stereocenters. The zero-order chi connectivity index (χ0) is 53.8. The zero-order valence-electron chi connectivity index (χ0n) is 44.3. The van der Waals surface area contributed by atoms with E-state index >= 15 is 0 Å². The van der Waals surface area contributed by atoms with Gasteiger partial charge in [-0.1, -0.05) is 182 Å². The monoisotopic (exact) mass is 1050 g/mol. The molecule has 0 bridgehead atoms. The Kier molecular flexibility index (Phi) is 10.2. The van der Waals surface area contributed by atoms with Crippen molar-refractivity contribution in [3.8, 4) is 68.0 Å². The van der Waals surface area contributed by atoms with E-state index in [-0.39, 0.29) is 0 Å². The topological polar surface area (TPSA) is 58.4 Å². The molecular formula is C75H47N7. The van der Waals surface area contributed by atoms with Crippen LogP contribution in [0.15, 0.2) is 285 Å². The van der Waals surface area contributed by atoms with Crippen molar-refractivity contribution in [3.63, 3.8) is 0 Å². The minimum atomic E-state index is 0.554. The Labute approximate surface area is 471 Å². The van der Waals surface area contributed by atoms with Crippen LogP contribution in [-0.4, -0.2) is 33.2 Å². The van der Waals surface area contributed by atoms with Crippen LogP contribution in [0, 0.1) is 0 Å². The normalized spacial score (nSPS) is 11.9. The summed E-state index contributed by atoms with van der Waals surface area (Å²) in [7, 11) is 0. The average Bonchev–Trinajstić information content (AvgIpc) is 4.43. The van der Waals surface area contributed by atoms with E-state index in [0.29, 0.717) is 17.7 Å². The van der Waals surface area contributed by atoms with Crippen LogP contribution in [0.2, 0.25) is 0 Å². The highest BCUT2D eigenvalue weighted by Gasteiger charge is 2.22. The number of hydrogen-bond donors (Lipinski definition) is 0. The molecule has 0 aliphatic rings. The predicted octanol–water partition coefficient (Wildman–Crippen LogP) is 18.9. The van der Waals surface area contributed by atoms with Gasteiger partial charge in [-0.15, -0.1) is 0 Å². The van der Waals surface area contributed by atoms with Crippen LogP contribution in [0.3, 0.4) is 0 Å². The van der Waals surface area contributed by atoms with Gasteiger partial charge in [-0.25, -0.2) is 0 Å². The summed E-state index contributed by atoms with van der Waals surface area (Å²) in [6, 6.07) is 102. The van der Waals surface area contributed by atoms with Crippen LogP contribution in [0.4, 0.5) is 0 Å². The van der Waals surface area contributed by atoms with Crippen LogP contribution < -0.4 is 0 Å². The van der Waals surface area contributed by atoms with Crippen molar-refractivity contribution in [1.82, 2.24) is 33.2 Å². The largest absolute Gasteiger partial charge is 0.309 e. The maximum Gasteiger partial charge on any atom is 0.240 e. The molecule has 0 fully saturated rings. The second-order valence-electron chi connectivity index (χ2n) is 21.2. The molecular weight excluding hydrogens is 999 g/mol. The second kappa shape index (κ2) is 18.2. The molecule has 7 heteroatoms. The second-order valence-corrected chi connectivity index (χ2v) is 21.2. The molecule has 0 aliphatic carbocycles. The van der Waals surface area contributed by atoms with E-state index in [9.17, 15) is 0 Å². The number of hydrogen-bond acceptors (Lipinski definition) is 3. The lowest BCUT2D eigenvalue weighted by Crippen LogP contribution is -2.10. The molecule has 0 spiro atoms. The first kappa shape index (κ1) is 45.8. The maximum absolute atomic E-state index is 5.36. The van der Waals surface area contributed by atoms with Gasteiger partial charge < -0.3 is 9.13 Å². The molecule has 382 valence electrons. The van der Waals surface area contributed by atoms with Crippen molar-refractivity contribution >= 4 is 87.2 Å². The number of benzene rings is 12. The van der Waals surface area contributed by atoms with E-state index in [1.807, 2.05) is 0 Å². The fourth-order valence-electron chi connectivity index (χ4n) is 12.9. The Balaban J connectivity index is 0.759. The number of fused-ring (bicyclic) bond motifs is 12. The van der Waals surface area contributed by atoms with Gasteiger partial charge in [-0.2, -0.15) is 15.0 Å². The summed E-state index contributed by atoms with van der Waals surface area (Å²) in [5.41, 5.74) is 18.9. The van der Waals surface area contributed by atoms with Crippen molar-refractivity contribution in [1.29, 1.82) is 0 Å². The Morgan fingerprint density at radius 3 is 0.829 bits per heavy atom. The van der Waals surface area contributed by atoms with E-state index in [1.54, 1.807) is 0 Å². The quantitative estimate of drug-likeness (QED) is 0.152. The number of rotatable bonds is 8. The van der Waals surface area contributed by atoms with Crippen molar-refractivity contribution in [3.05, 3.63) is 285 Å². The summed E-state index contributed by atoms with van der Waals surface area (Å²) in [6.07, 6.45) is 0. The van der Waals surface area contributed by atoms with Crippen LogP contribution in [0.1, 0.15) is 0 Å². The third kappa shape index (κ3) is 7.13. The molecule has 0 saturated carbocycles. The molecule has 12 aromatic carbocycles. The number of nitrogens with zero attached hydrogens (tertiary/aromatic N) is 7. The molecule has 7 nitrogen and oxygen atoms in total. The lowest BCUT2D eigenvalue weighted by atomic mass is 10.0. The van der Waals surface area contributed by atoms with Crippen molar-refractivity contribution < 1.29 is 0 Å². The molecule has 0 N–H and O–H groups in total. The minimum Gasteiger partial charge on any atom is -0.309 e. The Hall–Kier alpha value is -11.2. The molecule has 5 aromatic heterocycles. The Bertz CT molecular complexity index is 5040. The molecule has 17 rings (SSSR count). The van der Waals surface area contributed by atoms with Gasteiger partial charge in [0.25, 0.3) is 0 Å². The summed E-state index contributed by atoms with van der Waals surface area (Å²) in [4.78, 5) is 16.0. The van der Waals surface area contributed by atoms with Gasteiger partial charge in [0.2, 0.25) is 11.9 Å². The van der Waals surface area contributed by atoms with Crippen LogP contribution in [-0.2, 0) is 0 Å². The fourth-order valence-corrected chi connectivity index (χ4v) is 12.9. The smallest absolute Gasteiger partial charge is 0.240 e. The highest BCUT2D eigenvalue weighted by atomic mass is 15.3. The SMILES string of the molecule is c1ccc(-c2ccc3c(c2)c2cc(-c4ccccc4)ccc2n3-c2ccc(-c3ccc4c(c3)c3ccccc3n4-c3ccc(-c4nc(-n5c6ccccc6c6ccccc65)nc(-n5c6ccccc6c6ccccc65)n4)cc3)cc2)cc1. The van der Waals surface area contributed by atoms with Gasteiger partial charge in [-0.05, 0) is 137 Å².